The molecule has 2 aromatic rings. The Morgan fingerprint density at radius 1 is 1.16 bits per heavy atom. The third-order valence-electron chi connectivity index (χ3n) is 6.25. The van der Waals surface area contributed by atoms with Crippen molar-refractivity contribution in [2.24, 2.45) is 11.8 Å². The summed E-state index contributed by atoms with van der Waals surface area (Å²) in [5.74, 6) is 1.80. The number of carbonyl (C=O) groups excluding carboxylic acids is 2. The zero-order chi connectivity index (χ0) is 22.4. The van der Waals surface area contributed by atoms with Crippen LogP contribution in [0.15, 0.2) is 28.8 Å². The molecule has 0 saturated heterocycles. The highest BCUT2D eigenvalue weighted by atomic mass is 16.5. The molecule has 1 aromatic heterocycles. The van der Waals surface area contributed by atoms with E-state index in [-0.39, 0.29) is 25.0 Å². The smallest absolute Gasteiger partial charge is 0.310 e. The van der Waals surface area contributed by atoms with Gasteiger partial charge in [-0.25, -0.2) is 0 Å². The van der Waals surface area contributed by atoms with Crippen LogP contribution in [0.25, 0.3) is 0 Å². The number of benzene rings is 1. The molecule has 31 heavy (non-hydrogen) atoms. The molecule has 1 heterocycles. The molecule has 3 atom stereocenters. The maximum atomic E-state index is 12.2. The summed E-state index contributed by atoms with van der Waals surface area (Å²) < 4.78 is 16.1. The molecule has 1 aliphatic rings. The van der Waals surface area contributed by atoms with Crippen molar-refractivity contribution in [1.29, 1.82) is 0 Å². The lowest BCUT2D eigenvalue weighted by atomic mass is 9.78. The minimum atomic E-state index is -0.426. The largest absolute Gasteiger partial charge is 0.489 e. The van der Waals surface area contributed by atoms with Gasteiger partial charge in [0, 0.05) is 6.04 Å². The predicted octanol–water partition coefficient (Wildman–Crippen LogP) is 3.90. The summed E-state index contributed by atoms with van der Waals surface area (Å²) in [5.41, 5.74) is 2.54. The summed E-state index contributed by atoms with van der Waals surface area (Å²) in [6.45, 7) is 8.24. The summed E-state index contributed by atoms with van der Waals surface area (Å²) in [7, 11) is 0. The molecular weight excluding hydrogens is 396 g/mol. The number of aryl methyl sites for hydroxylation is 2. The highest BCUT2D eigenvalue weighted by Crippen LogP contribution is 2.29. The number of hydrogen-bond acceptors (Lipinski definition) is 6. The SMILES string of the molecule is Cc1noc(C)c1COc1ccc(CC(=O)OCC(=O)N[C@@H]2CCC[C@@H](C)[C@@H]2C)cc1. The molecule has 7 heteroatoms. The predicted molar refractivity (Wildman–Crippen MR) is 116 cm³/mol. The molecule has 0 spiro atoms. The van der Waals surface area contributed by atoms with Crippen LogP contribution >= 0.6 is 0 Å². The minimum absolute atomic E-state index is 0.105. The lowest BCUT2D eigenvalue weighted by Crippen LogP contribution is -2.45. The van der Waals surface area contributed by atoms with Crippen LogP contribution in [0.2, 0.25) is 0 Å². The van der Waals surface area contributed by atoms with Crippen LogP contribution in [0.1, 0.15) is 55.7 Å². The van der Waals surface area contributed by atoms with E-state index in [1.54, 1.807) is 12.1 Å². The first-order chi connectivity index (χ1) is 14.8. The lowest BCUT2D eigenvalue weighted by Gasteiger charge is -2.34. The van der Waals surface area contributed by atoms with Crippen LogP contribution in [0.3, 0.4) is 0 Å². The van der Waals surface area contributed by atoms with Gasteiger partial charge in [0.05, 0.1) is 17.7 Å². The number of nitrogens with one attached hydrogen (secondary N) is 1. The molecule has 1 aromatic carbocycles. The number of carbonyl (C=O) groups is 2. The number of rotatable bonds is 8. The molecular formula is C24H32N2O5. The van der Waals surface area contributed by atoms with Crippen molar-refractivity contribution in [3.05, 3.63) is 46.8 Å². The highest BCUT2D eigenvalue weighted by Gasteiger charge is 2.28. The molecule has 1 N–H and O–H groups in total. The van der Waals surface area contributed by atoms with Gasteiger partial charge in [-0.05, 0) is 49.8 Å². The number of esters is 1. The second kappa shape index (κ2) is 10.5. The van der Waals surface area contributed by atoms with Gasteiger partial charge in [0.15, 0.2) is 6.61 Å². The third kappa shape index (κ3) is 6.32. The van der Waals surface area contributed by atoms with Crippen LogP contribution in [0.4, 0.5) is 0 Å². The van der Waals surface area contributed by atoms with E-state index < -0.39 is 5.97 Å². The van der Waals surface area contributed by atoms with Crippen molar-refractivity contribution < 1.29 is 23.6 Å². The molecule has 0 bridgehead atoms. The van der Waals surface area contributed by atoms with Gasteiger partial charge < -0.3 is 19.3 Å². The Morgan fingerprint density at radius 3 is 2.58 bits per heavy atom. The van der Waals surface area contributed by atoms with Gasteiger partial charge in [-0.15, -0.1) is 0 Å². The van der Waals surface area contributed by atoms with E-state index in [1.807, 2.05) is 26.0 Å². The molecule has 7 nitrogen and oxygen atoms in total. The molecule has 1 saturated carbocycles. The first-order valence-corrected chi connectivity index (χ1v) is 10.9. The molecule has 0 unspecified atom stereocenters. The molecule has 0 aliphatic heterocycles. The van der Waals surface area contributed by atoms with E-state index in [2.05, 4.69) is 24.3 Å². The molecule has 0 radical (unpaired) electrons. The van der Waals surface area contributed by atoms with Gasteiger partial charge >= 0.3 is 5.97 Å². The van der Waals surface area contributed by atoms with Crippen molar-refractivity contribution in [2.45, 2.75) is 66.0 Å². The molecule has 3 rings (SSSR count). The average Bonchev–Trinajstić information content (AvgIpc) is 3.07. The van der Waals surface area contributed by atoms with Crippen LogP contribution < -0.4 is 10.1 Å². The number of nitrogens with zero attached hydrogens (tertiary/aromatic N) is 1. The lowest BCUT2D eigenvalue weighted by molar-refractivity contribution is -0.148. The van der Waals surface area contributed by atoms with Crippen LogP contribution in [-0.2, 0) is 27.4 Å². The van der Waals surface area contributed by atoms with Gasteiger partial charge in [-0.1, -0.05) is 44.0 Å². The van der Waals surface area contributed by atoms with Crippen molar-refractivity contribution in [3.8, 4) is 5.75 Å². The maximum absolute atomic E-state index is 12.2. The number of hydrogen-bond donors (Lipinski definition) is 1. The average molecular weight is 429 g/mol. The Balaban J connectivity index is 1.40. The molecule has 1 aliphatic carbocycles. The topological polar surface area (TPSA) is 90.7 Å². The minimum Gasteiger partial charge on any atom is -0.489 e. The van der Waals surface area contributed by atoms with Gasteiger partial charge in [0.1, 0.15) is 18.1 Å². The standard InChI is InChI=1S/C24H32N2O5/c1-15-6-5-7-22(16(15)2)25-23(27)14-30-24(28)12-19-8-10-20(11-9-19)29-13-21-17(3)26-31-18(21)4/h8-11,15-16,22H,5-7,12-14H2,1-4H3,(H,25,27)/t15-,16+,22-/m1/s1. The maximum Gasteiger partial charge on any atom is 0.310 e. The quantitative estimate of drug-likeness (QED) is 0.642. The third-order valence-corrected chi connectivity index (χ3v) is 6.25. The van der Waals surface area contributed by atoms with Crippen molar-refractivity contribution in [2.75, 3.05) is 6.61 Å². The summed E-state index contributed by atoms with van der Waals surface area (Å²) in [5, 5.41) is 6.93. The van der Waals surface area contributed by atoms with Crippen LogP contribution in [0.5, 0.6) is 5.75 Å². The first-order valence-electron chi connectivity index (χ1n) is 10.9. The van der Waals surface area contributed by atoms with Gasteiger partial charge in [-0.3, -0.25) is 9.59 Å². The van der Waals surface area contributed by atoms with Crippen molar-refractivity contribution in [1.82, 2.24) is 10.5 Å². The van der Waals surface area contributed by atoms with E-state index in [0.29, 0.717) is 24.2 Å². The van der Waals surface area contributed by atoms with E-state index >= 15 is 0 Å². The molecule has 1 amide bonds. The van der Waals surface area contributed by atoms with E-state index in [9.17, 15) is 9.59 Å². The fourth-order valence-corrected chi connectivity index (χ4v) is 3.96. The number of aromatic nitrogens is 1. The second-order valence-electron chi connectivity index (χ2n) is 8.51. The van der Waals surface area contributed by atoms with Crippen molar-refractivity contribution in [3.63, 3.8) is 0 Å². The Bertz CT molecular complexity index is 870. The Hall–Kier alpha value is -2.83. The highest BCUT2D eigenvalue weighted by molar-refractivity contribution is 5.81. The Kier molecular flexibility index (Phi) is 7.71. The molecule has 1 fully saturated rings. The van der Waals surface area contributed by atoms with E-state index in [0.717, 1.165) is 35.4 Å². The fraction of sp³-hybridized carbons (Fsp3) is 0.542. The monoisotopic (exact) mass is 428 g/mol. The summed E-state index contributed by atoms with van der Waals surface area (Å²) in [4.78, 5) is 24.3. The fourth-order valence-electron chi connectivity index (χ4n) is 3.96. The second-order valence-corrected chi connectivity index (χ2v) is 8.51. The van der Waals surface area contributed by atoms with Gasteiger partial charge in [-0.2, -0.15) is 0 Å². The van der Waals surface area contributed by atoms with Gasteiger partial charge in [0.2, 0.25) is 0 Å². The van der Waals surface area contributed by atoms with Crippen LogP contribution in [-0.4, -0.2) is 29.7 Å². The Labute approximate surface area is 183 Å². The summed E-state index contributed by atoms with van der Waals surface area (Å²) in [6.07, 6.45) is 3.41. The van der Waals surface area contributed by atoms with E-state index in [1.165, 1.54) is 6.42 Å². The number of amides is 1. The first kappa shape index (κ1) is 22.8. The zero-order valence-corrected chi connectivity index (χ0v) is 18.8. The van der Waals surface area contributed by atoms with Crippen LogP contribution in [0, 0.1) is 25.7 Å². The van der Waals surface area contributed by atoms with Gasteiger partial charge in [0.25, 0.3) is 5.91 Å². The zero-order valence-electron chi connectivity index (χ0n) is 18.8. The van der Waals surface area contributed by atoms with Crippen molar-refractivity contribution >= 4 is 11.9 Å². The molecule has 168 valence electrons. The Morgan fingerprint density at radius 2 is 1.90 bits per heavy atom. The normalized spacial score (nSPS) is 20.8. The van der Waals surface area contributed by atoms with E-state index in [4.69, 9.17) is 14.0 Å². The summed E-state index contributed by atoms with van der Waals surface area (Å²) >= 11 is 0. The number of ether oxygens (including phenoxy) is 2. The summed E-state index contributed by atoms with van der Waals surface area (Å²) in [6, 6.07) is 7.40.